The highest BCUT2D eigenvalue weighted by molar-refractivity contribution is 5.71. The van der Waals surface area contributed by atoms with Crippen LogP contribution in [0, 0.1) is 6.07 Å². The van der Waals surface area contributed by atoms with E-state index in [1.807, 2.05) is 20.8 Å². The van der Waals surface area contributed by atoms with Crippen molar-refractivity contribution >= 4 is 6.09 Å². The molecule has 0 fully saturated rings. The van der Waals surface area contributed by atoms with E-state index >= 15 is 0 Å². The van der Waals surface area contributed by atoms with E-state index in [2.05, 4.69) is 11.4 Å². The number of amides is 1. The molecule has 0 aliphatic rings. The quantitative estimate of drug-likeness (QED) is 0.741. The third kappa shape index (κ3) is 3.94. The monoisotopic (exact) mass is 192 g/mol. The molecule has 14 heavy (non-hydrogen) atoms. The van der Waals surface area contributed by atoms with Gasteiger partial charge in [-0.3, -0.25) is 0 Å². The Kier molecular flexibility index (Phi) is 3.12. The van der Waals surface area contributed by atoms with Crippen molar-refractivity contribution in [1.82, 2.24) is 5.32 Å². The van der Waals surface area contributed by atoms with Crippen molar-refractivity contribution in [3.63, 3.8) is 0 Å². The van der Waals surface area contributed by atoms with Crippen LogP contribution in [-0.4, -0.2) is 11.6 Å². The van der Waals surface area contributed by atoms with Crippen LogP contribution in [0.4, 0.5) is 4.79 Å². The number of hydrogen-bond donors (Lipinski definition) is 1. The molecule has 0 bridgehead atoms. The number of hydrogen-bond acceptors (Lipinski definition) is 2. The van der Waals surface area contributed by atoms with Crippen molar-refractivity contribution in [2.45, 2.75) is 26.3 Å². The van der Waals surface area contributed by atoms with Crippen LogP contribution in [-0.2, 0) is 0 Å². The van der Waals surface area contributed by atoms with E-state index in [0.29, 0.717) is 5.75 Å². The summed E-state index contributed by atoms with van der Waals surface area (Å²) in [4.78, 5) is 11.3. The van der Waals surface area contributed by atoms with Crippen LogP contribution in [0.2, 0.25) is 0 Å². The molecule has 1 amide bonds. The molecule has 0 saturated carbocycles. The molecule has 0 unspecified atom stereocenters. The maximum atomic E-state index is 11.3. The summed E-state index contributed by atoms with van der Waals surface area (Å²) >= 11 is 0. The van der Waals surface area contributed by atoms with Crippen LogP contribution < -0.4 is 10.1 Å². The van der Waals surface area contributed by atoms with Crippen LogP contribution in [0.3, 0.4) is 0 Å². The third-order valence-corrected chi connectivity index (χ3v) is 1.37. The summed E-state index contributed by atoms with van der Waals surface area (Å²) in [6, 6.07) is 9.65. The number of carbonyl (C=O) groups excluding carboxylic acids is 1. The molecule has 0 aliphatic heterocycles. The lowest BCUT2D eigenvalue weighted by Gasteiger charge is -2.19. The van der Waals surface area contributed by atoms with E-state index in [0.717, 1.165) is 0 Å². The SMILES string of the molecule is CC(C)(C)NC(=O)Oc1c[c]ccc1. The summed E-state index contributed by atoms with van der Waals surface area (Å²) in [5.41, 5.74) is -0.282. The van der Waals surface area contributed by atoms with Gasteiger partial charge in [-0.15, -0.1) is 0 Å². The first-order chi connectivity index (χ1) is 6.47. The molecule has 1 aromatic rings. The van der Waals surface area contributed by atoms with Gasteiger partial charge in [0.1, 0.15) is 5.75 Å². The zero-order valence-electron chi connectivity index (χ0n) is 8.63. The van der Waals surface area contributed by atoms with E-state index in [-0.39, 0.29) is 5.54 Å². The Balaban J connectivity index is 2.50. The molecule has 1 N–H and O–H groups in total. The number of nitrogens with one attached hydrogen (secondary N) is 1. The van der Waals surface area contributed by atoms with Crippen LogP contribution >= 0.6 is 0 Å². The van der Waals surface area contributed by atoms with Crippen LogP contribution in [0.25, 0.3) is 0 Å². The summed E-state index contributed by atoms with van der Waals surface area (Å²) in [7, 11) is 0. The van der Waals surface area contributed by atoms with Crippen molar-refractivity contribution in [3.8, 4) is 5.75 Å². The average molecular weight is 192 g/mol. The molecular weight excluding hydrogens is 178 g/mol. The fourth-order valence-electron chi connectivity index (χ4n) is 0.879. The van der Waals surface area contributed by atoms with Gasteiger partial charge >= 0.3 is 6.09 Å². The van der Waals surface area contributed by atoms with E-state index < -0.39 is 6.09 Å². The topological polar surface area (TPSA) is 38.3 Å². The molecule has 3 nitrogen and oxygen atoms in total. The molecule has 0 atom stereocenters. The van der Waals surface area contributed by atoms with Crippen molar-refractivity contribution in [3.05, 3.63) is 30.3 Å². The minimum absolute atomic E-state index is 0.282. The molecule has 75 valence electrons. The van der Waals surface area contributed by atoms with Crippen LogP contribution in [0.15, 0.2) is 24.3 Å². The van der Waals surface area contributed by atoms with Gasteiger partial charge in [-0.1, -0.05) is 12.1 Å². The Morgan fingerprint density at radius 1 is 1.50 bits per heavy atom. The second-order valence-corrected chi connectivity index (χ2v) is 4.00. The third-order valence-electron chi connectivity index (χ3n) is 1.37. The summed E-state index contributed by atoms with van der Waals surface area (Å²) in [5, 5.41) is 2.69. The number of rotatable bonds is 1. The maximum absolute atomic E-state index is 11.3. The fraction of sp³-hybridized carbons (Fsp3) is 0.364. The molecule has 0 heterocycles. The average Bonchev–Trinajstić information content (AvgIpc) is 2.02. The Hall–Kier alpha value is -1.51. The van der Waals surface area contributed by atoms with Gasteiger partial charge < -0.3 is 10.1 Å². The lowest BCUT2D eigenvalue weighted by atomic mass is 10.1. The molecule has 1 aromatic carbocycles. The van der Waals surface area contributed by atoms with Gasteiger partial charge in [-0.2, -0.15) is 0 Å². The molecule has 1 radical (unpaired) electrons. The minimum Gasteiger partial charge on any atom is -0.410 e. The second-order valence-electron chi connectivity index (χ2n) is 4.00. The normalized spacial score (nSPS) is 10.8. The Labute approximate surface area is 84.1 Å². The Morgan fingerprint density at radius 3 is 2.71 bits per heavy atom. The Morgan fingerprint density at radius 2 is 2.21 bits per heavy atom. The van der Waals surface area contributed by atoms with E-state index in [1.165, 1.54) is 0 Å². The number of ether oxygens (including phenoxy) is 1. The zero-order valence-corrected chi connectivity index (χ0v) is 8.63. The van der Waals surface area contributed by atoms with Crippen LogP contribution in [0.5, 0.6) is 5.75 Å². The first-order valence-corrected chi connectivity index (χ1v) is 4.43. The van der Waals surface area contributed by atoms with Crippen LogP contribution in [0.1, 0.15) is 20.8 Å². The molecule has 0 aromatic heterocycles. The van der Waals surface area contributed by atoms with Crippen molar-refractivity contribution < 1.29 is 9.53 Å². The standard InChI is InChI=1S/C11H14NO2/c1-11(2,3)12-10(13)14-9-7-5-4-6-8-9/h4-5,7-8H,1-3H3,(H,12,13). The van der Waals surface area contributed by atoms with Gasteiger partial charge in [-0.25, -0.2) is 4.79 Å². The summed E-state index contributed by atoms with van der Waals surface area (Å²) in [6.07, 6.45) is -0.447. The maximum Gasteiger partial charge on any atom is 0.413 e. The number of carbonyl (C=O) groups is 1. The Bertz CT molecular complexity index is 301. The van der Waals surface area contributed by atoms with Crippen molar-refractivity contribution in [2.24, 2.45) is 0 Å². The smallest absolute Gasteiger partial charge is 0.410 e. The lowest BCUT2D eigenvalue weighted by Crippen LogP contribution is -2.42. The highest BCUT2D eigenvalue weighted by atomic mass is 16.6. The van der Waals surface area contributed by atoms with E-state index in [1.54, 1.807) is 24.3 Å². The van der Waals surface area contributed by atoms with Gasteiger partial charge in [0.15, 0.2) is 0 Å². The highest BCUT2D eigenvalue weighted by Crippen LogP contribution is 2.08. The molecule has 0 spiro atoms. The van der Waals surface area contributed by atoms with Crippen molar-refractivity contribution in [1.29, 1.82) is 0 Å². The predicted octanol–water partition coefficient (Wildman–Crippen LogP) is 2.37. The van der Waals surface area contributed by atoms with Gasteiger partial charge in [-0.05, 0) is 39.0 Å². The fourth-order valence-corrected chi connectivity index (χ4v) is 0.879. The first kappa shape index (κ1) is 10.6. The van der Waals surface area contributed by atoms with Gasteiger partial charge in [0.05, 0.1) is 0 Å². The zero-order chi connectivity index (χ0) is 10.6. The summed E-state index contributed by atoms with van der Waals surface area (Å²) in [6.45, 7) is 5.68. The lowest BCUT2D eigenvalue weighted by molar-refractivity contribution is 0.190. The first-order valence-electron chi connectivity index (χ1n) is 4.43. The highest BCUT2D eigenvalue weighted by Gasteiger charge is 2.14. The van der Waals surface area contributed by atoms with Gasteiger partial charge in [0, 0.05) is 5.54 Å². The predicted molar refractivity (Wildman–Crippen MR) is 54.2 cm³/mol. The molecule has 0 saturated heterocycles. The minimum atomic E-state index is -0.447. The molecule has 1 rings (SSSR count). The van der Waals surface area contributed by atoms with Crippen molar-refractivity contribution in [2.75, 3.05) is 0 Å². The number of benzene rings is 1. The van der Waals surface area contributed by atoms with E-state index in [9.17, 15) is 4.79 Å². The second kappa shape index (κ2) is 4.13. The van der Waals surface area contributed by atoms with Gasteiger partial charge in [0.2, 0.25) is 0 Å². The largest absolute Gasteiger partial charge is 0.413 e. The summed E-state index contributed by atoms with van der Waals surface area (Å²) in [5.74, 6) is 0.495. The van der Waals surface area contributed by atoms with Gasteiger partial charge in [0.25, 0.3) is 0 Å². The molecule has 3 heteroatoms. The molecule has 0 aliphatic carbocycles. The molecular formula is C11H14NO2. The summed E-state index contributed by atoms with van der Waals surface area (Å²) < 4.78 is 5.01. The van der Waals surface area contributed by atoms with E-state index in [4.69, 9.17) is 4.74 Å².